The largest absolute Gasteiger partial charge is 0.416 e. The van der Waals surface area contributed by atoms with Crippen molar-refractivity contribution in [3.8, 4) is 5.69 Å². The summed E-state index contributed by atoms with van der Waals surface area (Å²) < 4.78 is 54.1. The van der Waals surface area contributed by atoms with Gasteiger partial charge in [0.1, 0.15) is 11.6 Å². The third kappa shape index (κ3) is 4.79. The van der Waals surface area contributed by atoms with Gasteiger partial charge in [-0.1, -0.05) is 18.2 Å². The minimum atomic E-state index is -4.55. The number of nitrogens with zero attached hydrogens (tertiary/aromatic N) is 2. The lowest BCUT2D eigenvalue weighted by Crippen LogP contribution is -2.38. The standard InChI is InChI=1S/C26H20F4N4O2/c27-17-10-12-19(13-11-17)34-23(32-21-7-2-1-6-20(21)24(34)35)22(15-8-9-15)33-25(36)31-18-5-3-4-16(14-18)26(28,29)30/h1-7,10-15,22H,8-9H2,(H2,31,33,36). The first-order chi connectivity index (χ1) is 17.2. The van der Waals surface area contributed by atoms with Crippen LogP contribution >= 0.6 is 0 Å². The maximum Gasteiger partial charge on any atom is 0.416 e. The molecular weight excluding hydrogens is 476 g/mol. The molecule has 0 spiro atoms. The SMILES string of the molecule is O=C(Nc1cccc(C(F)(F)F)c1)NC(c1nc2ccccc2c(=O)n1-c1ccc(F)cc1)C1CC1. The average molecular weight is 496 g/mol. The number of nitrogens with one attached hydrogen (secondary N) is 2. The van der Waals surface area contributed by atoms with E-state index in [2.05, 4.69) is 15.6 Å². The van der Waals surface area contributed by atoms with Crippen LogP contribution in [-0.2, 0) is 6.18 Å². The summed E-state index contributed by atoms with van der Waals surface area (Å²) in [6.45, 7) is 0. The Morgan fingerprint density at radius 1 is 1.00 bits per heavy atom. The molecule has 1 aliphatic rings. The number of hydrogen-bond acceptors (Lipinski definition) is 3. The molecule has 0 radical (unpaired) electrons. The van der Waals surface area contributed by atoms with Crippen molar-refractivity contribution in [1.82, 2.24) is 14.9 Å². The molecular formula is C26H20F4N4O2. The zero-order valence-corrected chi connectivity index (χ0v) is 18.7. The highest BCUT2D eigenvalue weighted by molar-refractivity contribution is 5.89. The number of aromatic nitrogens is 2. The van der Waals surface area contributed by atoms with E-state index in [-0.39, 0.29) is 23.0 Å². The van der Waals surface area contributed by atoms with Crippen molar-refractivity contribution in [2.24, 2.45) is 5.92 Å². The fourth-order valence-corrected chi connectivity index (χ4v) is 4.10. The summed E-state index contributed by atoms with van der Waals surface area (Å²) in [4.78, 5) is 31.0. The number of para-hydroxylation sites is 1. The van der Waals surface area contributed by atoms with E-state index >= 15 is 0 Å². The summed E-state index contributed by atoms with van der Waals surface area (Å²) in [6.07, 6.45) is -3.02. The van der Waals surface area contributed by atoms with Gasteiger partial charge in [0.15, 0.2) is 0 Å². The quantitative estimate of drug-likeness (QED) is 0.342. The van der Waals surface area contributed by atoms with Gasteiger partial charge in [0.05, 0.1) is 28.2 Å². The maximum atomic E-state index is 13.6. The molecule has 1 aliphatic carbocycles. The van der Waals surface area contributed by atoms with E-state index in [0.717, 1.165) is 25.0 Å². The molecule has 1 saturated carbocycles. The van der Waals surface area contributed by atoms with Crippen LogP contribution in [0.4, 0.5) is 28.0 Å². The van der Waals surface area contributed by atoms with Crippen molar-refractivity contribution in [2.75, 3.05) is 5.32 Å². The molecule has 1 unspecified atom stereocenters. The highest BCUT2D eigenvalue weighted by Gasteiger charge is 2.37. The minimum absolute atomic E-state index is 0.0285. The Kier molecular flexibility index (Phi) is 5.95. The Morgan fingerprint density at radius 2 is 1.72 bits per heavy atom. The van der Waals surface area contributed by atoms with Crippen LogP contribution in [-0.4, -0.2) is 15.6 Å². The van der Waals surface area contributed by atoms with Crippen LogP contribution in [0.5, 0.6) is 0 Å². The van der Waals surface area contributed by atoms with E-state index in [9.17, 15) is 27.2 Å². The van der Waals surface area contributed by atoms with Crippen LogP contribution in [0.3, 0.4) is 0 Å². The molecule has 3 aromatic carbocycles. The van der Waals surface area contributed by atoms with Gasteiger partial charge in [-0.2, -0.15) is 13.2 Å². The summed E-state index contributed by atoms with van der Waals surface area (Å²) in [7, 11) is 0. The molecule has 0 aliphatic heterocycles. The van der Waals surface area contributed by atoms with Gasteiger partial charge < -0.3 is 10.6 Å². The predicted octanol–water partition coefficient (Wildman–Crippen LogP) is 5.82. The van der Waals surface area contributed by atoms with Crippen LogP contribution in [0.1, 0.15) is 30.3 Å². The molecule has 36 heavy (non-hydrogen) atoms. The van der Waals surface area contributed by atoms with Crippen LogP contribution in [0.25, 0.3) is 16.6 Å². The first-order valence-electron chi connectivity index (χ1n) is 11.2. The van der Waals surface area contributed by atoms with Crippen LogP contribution in [0.15, 0.2) is 77.6 Å². The van der Waals surface area contributed by atoms with Crippen LogP contribution in [0, 0.1) is 11.7 Å². The predicted molar refractivity (Wildman–Crippen MR) is 126 cm³/mol. The third-order valence-corrected chi connectivity index (χ3v) is 5.99. The van der Waals surface area contributed by atoms with E-state index in [1.165, 1.54) is 41.0 Å². The molecule has 2 amide bonds. The first-order valence-corrected chi connectivity index (χ1v) is 11.2. The lowest BCUT2D eigenvalue weighted by Gasteiger charge is -2.23. The second-order valence-corrected chi connectivity index (χ2v) is 8.60. The molecule has 1 aromatic heterocycles. The molecule has 1 atom stereocenters. The van der Waals surface area contributed by atoms with E-state index in [4.69, 9.17) is 0 Å². The highest BCUT2D eigenvalue weighted by atomic mass is 19.4. The van der Waals surface area contributed by atoms with Gasteiger partial charge in [-0.25, -0.2) is 14.2 Å². The number of urea groups is 1. The van der Waals surface area contributed by atoms with Crippen LogP contribution in [0.2, 0.25) is 0 Å². The summed E-state index contributed by atoms with van der Waals surface area (Å²) in [5.41, 5.74) is -0.491. The van der Waals surface area contributed by atoms with Gasteiger partial charge >= 0.3 is 12.2 Å². The number of rotatable bonds is 5. The zero-order chi connectivity index (χ0) is 25.4. The number of alkyl halides is 3. The van der Waals surface area contributed by atoms with Crippen molar-refractivity contribution >= 4 is 22.6 Å². The molecule has 2 N–H and O–H groups in total. The van der Waals surface area contributed by atoms with E-state index in [0.29, 0.717) is 16.6 Å². The normalized spacial score (nSPS) is 14.4. The van der Waals surface area contributed by atoms with Gasteiger partial charge in [0.25, 0.3) is 5.56 Å². The lowest BCUT2D eigenvalue weighted by atomic mass is 10.1. The monoisotopic (exact) mass is 496 g/mol. The smallest absolute Gasteiger partial charge is 0.328 e. The fourth-order valence-electron chi connectivity index (χ4n) is 4.10. The van der Waals surface area contributed by atoms with Gasteiger partial charge in [0, 0.05) is 5.69 Å². The number of benzene rings is 3. The second kappa shape index (κ2) is 9.10. The third-order valence-electron chi connectivity index (χ3n) is 5.99. The Morgan fingerprint density at radius 3 is 2.42 bits per heavy atom. The Bertz CT molecular complexity index is 1490. The number of fused-ring (bicyclic) bond motifs is 1. The Hall–Kier alpha value is -4.21. The number of amides is 2. The lowest BCUT2D eigenvalue weighted by molar-refractivity contribution is -0.137. The van der Waals surface area contributed by atoms with Gasteiger partial charge in [-0.3, -0.25) is 9.36 Å². The molecule has 1 fully saturated rings. The second-order valence-electron chi connectivity index (χ2n) is 8.60. The van der Waals surface area contributed by atoms with E-state index in [1.807, 2.05) is 0 Å². The molecule has 184 valence electrons. The topological polar surface area (TPSA) is 76.0 Å². The molecule has 10 heteroatoms. The van der Waals surface area contributed by atoms with E-state index in [1.54, 1.807) is 24.3 Å². The van der Waals surface area contributed by atoms with Gasteiger partial charge in [0.2, 0.25) is 0 Å². The number of halogens is 4. The summed E-state index contributed by atoms with van der Waals surface area (Å²) in [5.74, 6) is -0.247. The van der Waals surface area contributed by atoms with Crippen molar-refractivity contribution in [2.45, 2.75) is 25.1 Å². The number of carbonyl (C=O) groups excluding carboxylic acids is 1. The summed E-state index contributed by atoms with van der Waals surface area (Å²) >= 11 is 0. The van der Waals surface area contributed by atoms with Gasteiger partial charge in [-0.05, 0) is 73.4 Å². The molecule has 0 bridgehead atoms. The number of hydrogen-bond donors (Lipinski definition) is 2. The molecule has 5 rings (SSSR count). The molecule has 0 saturated heterocycles. The molecule has 6 nitrogen and oxygen atoms in total. The first kappa shape index (κ1) is 23.5. The molecule has 4 aromatic rings. The van der Waals surface area contributed by atoms with Gasteiger partial charge in [-0.15, -0.1) is 0 Å². The number of anilines is 1. The van der Waals surface area contributed by atoms with E-state index < -0.39 is 29.6 Å². The zero-order valence-electron chi connectivity index (χ0n) is 18.7. The summed E-state index contributed by atoms with van der Waals surface area (Å²) in [5, 5.41) is 5.58. The number of carbonyl (C=O) groups is 1. The van der Waals surface area contributed by atoms with Crippen molar-refractivity contribution in [3.05, 3.63) is 100 Å². The van der Waals surface area contributed by atoms with Crippen LogP contribution < -0.4 is 16.2 Å². The molecule has 1 heterocycles. The maximum absolute atomic E-state index is 13.6. The summed E-state index contributed by atoms with van der Waals surface area (Å²) in [6, 6.07) is 15.0. The Labute approximate surface area is 202 Å². The Balaban J connectivity index is 1.53. The van der Waals surface area contributed by atoms with Crippen molar-refractivity contribution < 1.29 is 22.4 Å². The highest BCUT2D eigenvalue weighted by Crippen LogP contribution is 2.41. The van der Waals surface area contributed by atoms with Crippen molar-refractivity contribution in [3.63, 3.8) is 0 Å². The van der Waals surface area contributed by atoms with Crippen molar-refractivity contribution in [1.29, 1.82) is 0 Å². The fraction of sp³-hybridized carbons (Fsp3) is 0.192. The average Bonchev–Trinajstić information content (AvgIpc) is 3.68. The minimum Gasteiger partial charge on any atom is -0.328 e.